The van der Waals surface area contributed by atoms with Crippen LogP contribution < -0.4 is 20.7 Å². The van der Waals surface area contributed by atoms with Crippen molar-refractivity contribution in [2.75, 3.05) is 16.0 Å². The van der Waals surface area contributed by atoms with Gasteiger partial charge < -0.3 is 4.74 Å². The summed E-state index contributed by atoms with van der Waals surface area (Å²) in [5.41, 5.74) is 6.17. The number of aryl methyl sites for hydroxylation is 5. The average Bonchev–Trinajstić information content (AvgIpc) is 3.89. The first-order valence-corrected chi connectivity index (χ1v) is 20.3. The first kappa shape index (κ1) is 44.6. The fraction of sp³-hybridized carbons (Fsp3) is 0.122. The highest BCUT2D eigenvalue weighted by Gasteiger charge is 2.31. The van der Waals surface area contributed by atoms with Crippen LogP contribution in [-0.4, -0.2) is 53.6 Å². The van der Waals surface area contributed by atoms with Crippen molar-refractivity contribution in [3.63, 3.8) is 0 Å². The van der Waals surface area contributed by atoms with Crippen molar-refractivity contribution in [1.29, 1.82) is 0 Å². The molecule has 6 aromatic carbocycles. The third-order valence-electron chi connectivity index (χ3n) is 9.90. The highest BCUT2D eigenvalue weighted by molar-refractivity contribution is 6.06. The van der Waals surface area contributed by atoms with E-state index in [1.165, 1.54) is 22.4 Å². The topological polar surface area (TPSA) is 158 Å². The van der Waals surface area contributed by atoms with Gasteiger partial charge in [-0.3, -0.25) is 30.3 Å². The van der Waals surface area contributed by atoms with Crippen molar-refractivity contribution in [3.05, 3.63) is 202 Å². The van der Waals surface area contributed by atoms with Gasteiger partial charge in [0, 0.05) is 23.1 Å². The summed E-state index contributed by atoms with van der Waals surface area (Å²) in [5.74, 6) is -0.601. The van der Waals surface area contributed by atoms with Gasteiger partial charge in [0.25, 0.3) is 23.7 Å². The maximum absolute atomic E-state index is 12.9. The van der Waals surface area contributed by atoms with Crippen LogP contribution in [0.15, 0.2) is 158 Å². The number of nitrogens with one attached hydrogen (secondary N) is 3. The number of aromatic nitrogens is 6. The molecule has 8 aromatic rings. The molecule has 8 rings (SSSR count). The second-order valence-electron chi connectivity index (χ2n) is 14.6. The number of ether oxygens (including phenoxy) is 1. The zero-order chi connectivity index (χ0) is 45.9. The number of nitrogens with zero attached hydrogens (tertiary/aromatic N) is 6. The molecule has 0 radical (unpaired) electrons. The van der Waals surface area contributed by atoms with Crippen LogP contribution in [0.5, 0.6) is 5.75 Å². The smallest absolute Gasteiger partial charge is 0.406 e. The zero-order valence-electron chi connectivity index (χ0n) is 35.4. The van der Waals surface area contributed by atoms with E-state index in [-0.39, 0.29) is 23.5 Å². The standard InChI is InChI=1S/C25H20F3N5O3.C24H22N4O/c1-15-7-3-5-9-19(15)21(34)29-23-31-24(30-22(35)20-10-6-4-8-16(20)2)33(32-23)17-11-13-18(14-12-17)36-25(26,27)28;1-18-10-8-9-15-21(18)23(29)26-24-25-22(17-16-19-11-4-2-5-12-19)27-28(24)20-13-6-3-7-14-20/h3-14H,1-2H3,(H2,29,30,31,32,34,35);2-15H,16-17H2,1H3,(H,25,26,27,29). The highest BCUT2D eigenvalue weighted by atomic mass is 19.4. The molecule has 0 unspecified atom stereocenters. The van der Waals surface area contributed by atoms with E-state index in [0.29, 0.717) is 34.9 Å². The van der Waals surface area contributed by atoms with Gasteiger partial charge in [0.05, 0.1) is 11.4 Å². The average molecular weight is 878 g/mol. The van der Waals surface area contributed by atoms with Crippen molar-refractivity contribution in [1.82, 2.24) is 29.5 Å². The number of hydrogen-bond acceptors (Lipinski definition) is 8. The Morgan fingerprint density at radius 1 is 0.508 bits per heavy atom. The van der Waals surface area contributed by atoms with Gasteiger partial charge in [0.2, 0.25) is 11.9 Å². The molecule has 2 aromatic heterocycles. The number of amides is 3. The molecule has 0 aliphatic rings. The predicted octanol–water partition coefficient (Wildman–Crippen LogP) is 9.90. The molecule has 13 nitrogen and oxygen atoms in total. The molecule has 3 amide bonds. The number of para-hydroxylation sites is 1. The maximum atomic E-state index is 12.9. The summed E-state index contributed by atoms with van der Waals surface area (Å²) in [6, 6.07) is 46.1. The summed E-state index contributed by atoms with van der Waals surface area (Å²) >= 11 is 0. The quantitative estimate of drug-likeness (QED) is 0.109. The highest BCUT2D eigenvalue weighted by Crippen LogP contribution is 2.26. The molecule has 0 saturated heterocycles. The lowest BCUT2D eigenvalue weighted by Crippen LogP contribution is -2.17. The summed E-state index contributed by atoms with van der Waals surface area (Å²) in [6.45, 7) is 5.47. The van der Waals surface area contributed by atoms with Crippen LogP contribution in [0.1, 0.15) is 59.2 Å². The Morgan fingerprint density at radius 3 is 1.45 bits per heavy atom. The largest absolute Gasteiger partial charge is 0.573 e. The Morgan fingerprint density at radius 2 is 0.938 bits per heavy atom. The normalized spacial score (nSPS) is 10.9. The minimum atomic E-state index is -4.84. The van der Waals surface area contributed by atoms with E-state index in [4.69, 9.17) is 0 Å². The van der Waals surface area contributed by atoms with E-state index in [1.54, 1.807) is 67.1 Å². The Kier molecular flexibility index (Phi) is 13.9. The van der Waals surface area contributed by atoms with Crippen LogP contribution in [-0.2, 0) is 12.8 Å². The zero-order valence-corrected chi connectivity index (χ0v) is 35.4. The van der Waals surface area contributed by atoms with E-state index < -0.39 is 23.9 Å². The lowest BCUT2D eigenvalue weighted by molar-refractivity contribution is -0.274. The summed E-state index contributed by atoms with van der Waals surface area (Å²) in [4.78, 5) is 47.3. The van der Waals surface area contributed by atoms with Crippen LogP contribution in [0.3, 0.4) is 0 Å². The van der Waals surface area contributed by atoms with Gasteiger partial charge in [0.15, 0.2) is 5.82 Å². The van der Waals surface area contributed by atoms with Crippen LogP contribution in [0, 0.1) is 20.8 Å². The summed E-state index contributed by atoms with van der Waals surface area (Å²) in [5, 5.41) is 17.1. The van der Waals surface area contributed by atoms with E-state index in [2.05, 4.69) is 53.0 Å². The molecule has 0 aliphatic heterocycles. The van der Waals surface area contributed by atoms with E-state index in [1.807, 2.05) is 79.7 Å². The third kappa shape index (κ3) is 11.7. The summed E-state index contributed by atoms with van der Waals surface area (Å²) in [6.07, 6.45) is -3.31. The Hall–Kier alpha value is -8.40. The van der Waals surface area contributed by atoms with Gasteiger partial charge in [-0.25, -0.2) is 0 Å². The van der Waals surface area contributed by atoms with E-state index in [9.17, 15) is 27.6 Å². The fourth-order valence-corrected chi connectivity index (χ4v) is 6.60. The van der Waals surface area contributed by atoms with Crippen LogP contribution >= 0.6 is 0 Å². The minimum Gasteiger partial charge on any atom is -0.406 e. The van der Waals surface area contributed by atoms with Crippen molar-refractivity contribution >= 4 is 35.6 Å². The maximum Gasteiger partial charge on any atom is 0.573 e. The second-order valence-corrected chi connectivity index (χ2v) is 14.6. The first-order chi connectivity index (χ1) is 31.3. The van der Waals surface area contributed by atoms with E-state index in [0.717, 1.165) is 40.9 Å². The van der Waals surface area contributed by atoms with Crippen LogP contribution in [0.2, 0.25) is 0 Å². The van der Waals surface area contributed by atoms with Gasteiger partial charge in [-0.05, 0) is 104 Å². The number of carbonyl (C=O) groups excluding carboxylic acids is 3. The number of benzene rings is 6. The van der Waals surface area contributed by atoms with Crippen molar-refractivity contribution in [2.24, 2.45) is 0 Å². The molecule has 0 atom stereocenters. The molecule has 3 N–H and O–H groups in total. The molecule has 328 valence electrons. The van der Waals surface area contributed by atoms with Gasteiger partial charge in [-0.15, -0.1) is 23.4 Å². The molecule has 0 aliphatic carbocycles. The molecular formula is C49H42F3N9O4. The number of halogens is 3. The third-order valence-corrected chi connectivity index (χ3v) is 9.90. The van der Waals surface area contributed by atoms with Crippen molar-refractivity contribution < 1.29 is 32.3 Å². The first-order valence-electron chi connectivity index (χ1n) is 20.3. The minimum absolute atomic E-state index is 0.0483. The molecule has 0 spiro atoms. The number of alkyl halides is 3. The Balaban J connectivity index is 0.000000198. The van der Waals surface area contributed by atoms with Crippen LogP contribution in [0.4, 0.5) is 31.0 Å². The molecule has 16 heteroatoms. The number of hydrogen-bond donors (Lipinski definition) is 3. The Labute approximate surface area is 372 Å². The van der Waals surface area contributed by atoms with Gasteiger partial charge in [0.1, 0.15) is 5.75 Å². The van der Waals surface area contributed by atoms with Gasteiger partial charge >= 0.3 is 6.36 Å². The fourth-order valence-electron chi connectivity index (χ4n) is 6.60. The van der Waals surface area contributed by atoms with E-state index >= 15 is 0 Å². The summed E-state index contributed by atoms with van der Waals surface area (Å²) in [7, 11) is 0. The lowest BCUT2D eigenvalue weighted by atomic mass is 10.1. The van der Waals surface area contributed by atoms with Crippen molar-refractivity contribution in [2.45, 2.75) is 40.0 Å². The molecule has 0 saturated carbocycles. The Bertz CT molecular complexity index is 2920. The SMILES string of the molecule is Cc1ccccc1C(=O)Nc1nc(CCc2ccccc2)nn1-c1ccccc1.Cc1ccccc1C(=O)Nc1nc(NC(=O)c2ccccc2C)n(-c2ccc(OC(F)(F)F)cc2)n1. The molecular weight excluding hydrogens is 836 g/mol. The number of rotatable bonds is 12. The lowest BCUT2D eigenvalue weighted by Gasteiger charge is -2.11. The molecule has 0 bridgehead atoms. The molecule has 2 heterocycles. The number of carbonyl (C=O) groups is 3. The van der Waals surface area contributed by atoms with Gasteiger partial charge in [-0.1, -0.05) is 103 Å². The molecule has 65 heavy (non-hydrogen) atoms. The van der Waals surface area contributed by atoms with Gasteiger partial charge in [-0.2, -0.15) is 19.3 Å². The summed E-state index contributed by atoms with van der Waals surface area (Å²) < 4.78 is 44.4. The monoisotopic (exact) mass is 877 g/mol. The number of anilines is 3. The van der Waals surface area contributed by atoms with Crippen molar-refractivity contribution in [3.8, 4) is 17.1 Å². The second kappa shape index (κ2) is 20.2. The molecule has 0 fully saturated rings. The predicted molar refractivity (Wildman–Crippen MR) is 241 cm³/mol. The van der Waals surface area contributed by atoms with Crippen LogP contribution in [0.25, 0.3) is 11.4 Å².